The van der Waals surface area contributed by atoms with Crippen molar-refractivity contribution in [1.82, 2.24) is 0 Å². The van der Waals surface area contributed by atoms with Crippen molar-refractivity contribution in [3.8, 4) is 34.5 Å². The number of anilines is 6. The Kier molecular flexibility index (Phi) is 39.9. The molecule has 18 N–H and O–H groups in total. The summed E-state index contributed by atoms with van der Waals surface area (Å²) in [6, 6.07) is 45.2. The molecule has 0 saturated carbocycles. The highest BCUT2D eigenvalue weighted by atomic mass is 16.7. The summed E-state index contributed by atoms with van der Waals surface area (Å²) in [6.45, 7) is 1.89. The Balaban J connectivity index is 0.657. The van der Waals surface area contributed by atoms with Crippen molar-refractivity contribution >= 4 is 52.2 Å². The third-order valence-corrected chi connectivity index (χ3v) is 18.6. The fourth-order valence-electron chi connectivity index (χ4n) is 12.3. The van der Waals surface area contributed by atoms with E-state index < -0.39 is 130 Å². The van der Waals surface area contributed by atoms with E-state index in [1.807, 2.05) is 18.2 Å². The summed E-state index contributed by atoms with van der Waals surface area (Å²) in [5.41, 5.74) is 5.06. The van der Waals surface area contributed by atoms with Crippen LogP contribution in [0.4, 0.5) is 48.5 Å². The molecule has 39 heteroatoms. The predicted molar refractivity (Wildman–Crippen MR) is 437 cm³/mol. The summed E-state index contributed by atoms with van der Waals surface area (Å²) < 4.78 is 102. The molecule has 7 aromatic carbocycles. The van der Waals surface area contributed by atoms with Crippen LogP contribution >= 0.6 is 0 Å². The molecule has 3 aliphatic rings. The number of aliphatic hydroxyl groups excluding tert-OH is 12. The van der Waals surface area contributed by atoms with Crippen molar-refractivity contribution in [2.75, 3.05) is 171 Å². The van der Waals surface area contributed by atoms with Crippen molar-refractivity contribution in [2.24, 2.45) is 0 Å². The van der Waals surface area contributed by atoms with E-state index in [-0.39, 0.29) is 139 Å². The Hall–Kier alpha value is -9.81. The molecule has 0 bridgehead atoms. The Morgan fingerprint density at radius 2 is 0.488 bits per heavy atom. The normalized spacial score (nSPS) is 22.5. The first-order valence-electron chi connectivity index (χ1n) is 39.7. The highest BCUT2D eigenvalue weighted by Gasteiger charge is 2.46. The second-order valence-electron chi connectivity index (χ2n) is 27.8. The molecule has 0 aromatic heterocycles. The van der Waals surface area contributed by atoms with Crippen molar-refractivity contribution in [2.45, 2.75) is 112 Å². The maximum absolute atomic E-state index is 13.3. The number of carbonyl (C=O) groups excluding carboxylic acids is 3. The third-order valence-electron chi connectivity index (χ3n) is 18.6. The van der Waals surface area contributed by atoms with E-state index in [0.29, 0.717) is 68.6 Å². The topological polar surface area (TPSA) is 532 Å². The first-order valence-corrected chi connectivity index (χ1v) is 39.7. The molecule has 0 aliphatic carbocycles. The van der Waals surface area contributed by atoms with Crippen LogP contribution in [0.2, 0.25) is 0 Å². The van der Waals surface area contributed by atoms with Gasteiger partial charge in [0, 0.05) is 52.3 Å². The van der Waals surface area contributed by atoms with Gasteiger partial charge in [-0.05, 0) is 144 Å². The van der Waals surface area contributed by atoms with Crippen LogP contribution in [0.25, 0.3) is 0 Å². The van der Waals surface area contributed by atoms with Crippen LogP contribution in [0.3, 0.4) is 0 Å². The molecule has 6 amide bonds. The molecule has 123 heavy (non-hydrogen) atoms. The molecule has 672 valence electrons. The van der Waals surface area contributed by atoms with Gasteiger partial charge < -0.3 is 178 Å². The van der Waals surface area contributed by atoms with Crippen LogP contribution in [-0.4, -0.2) is 310 Å². The van der Waals surface area contributed by atoms with Gasteiger partial charge >= 0.3 is 18.1 Å². The predicted octanol–water partition coefficient (Wildman–Crippen LogP) is 3.04. The standard InChI is InChI=1S/C84H108N6O33/c91-46-67-70(94)73(97)76(100)79(121-67)115-37-31-109-25-22-106-28-34-112-61-16-10-55(11-17-61)85-82(103)88-58-4-1-7-64(43-58)118-49-52-40-53(50-119-65-8-2-5-59(44-65)89-83(104)86-56-12-18-62(19-13-56)113-35-29-107-23-26-110-32-38-116-80-77(101)74(98)71(95)68(47-92)122-80)42-54(41-52)51-120-66-9-3-6-60(45-66)90-84(105)87-57-14-20-63(21-15-57)114-36-30-108-24-27-111-33-39-117-81-78(102)75(99)72(96)69(48-93)123-81/h1-21,40-45,67-81,91-102H,22-39,46-51H2,(H2,85,88,103)(H2,86,89,104)(H2,87,90,105)/t67-,68-,69-,70-,71-,72-,73+,74+,75+,76-,77-,78-,79-,80-,81-/m1/s1. The zero-order valence-corrected chi connectivity index (χ0v) is 67.2. The van der Waals surface area contributed by atoms with Crippen LogP contribution in [0.5, 0.6) is 34.5 Å². The van der Waals surface area contributed by atoms with Crippen molar-refractivity contribution in [3.05, 3.63) is 180 Å². The van der Waals surface area contributed by atoms with Crippen LogP contribution in [-0.2, 0) is 76.7 Å². The summed E-state index contributed by atoms with van der Waals surface area (Å²) in [4.78, 5) is 39.8. The summed E-state index contributed by atoms with van der Waals surface area (Å²) in [5, 5.41) is 135. The number of nitrogens with one attached hydrogen (secondary N) is 6. The molecular formula is C84H108N6O33. The van der Waals surface area contributed by atoms with Gasteiger partial charge in [-0.15, -0.1) is 0 Å². The number of ether oxygens (including phenoxy) is 18. The molecule has 0 unspecified atom stereocenters. The number of hydrogen-bond acceptors (Lipinski definition) is 33. The minimum atomic E-state index is -1.54. The van der Waals surface area contributed by atoms with Gasteiger partial charge in [0.05, 0.1) is 119 Å². The lowest BCUT2D eigenvalue weighted by Gasteiger charge is -2.39. The highest BCUT2D eigenvalue weighted by molar-refractivity contribution is 6.01. The summed E-state index contributed by atoms with van der Waals surface area (Å²) in [6.07, 6.45) is -20.5. The number of aliphatic hydroxyl groups is 12. The number of amides is 6. The van der Waals surface area contributed by atoms with E-state index in [1.54, 1.807) is 146 Å². The van der Waals surface area contributed by atoms with E-state index in [4.69, 9.17) is 85.3 Å². The molecule has 3 saturated heterocycles. The molecule has 0 spiro atoms. The minimum Gasteiger partial charge on any atom is -0.491 e. The van der Waals surface area contributed by atoms with Crippen LogP contribution < -0.4 is 60.3 Å². The van der Waals surface area contributed by atoms with Crippen LogP contribution in [0, 0.1) is 0 Å². The van der Waals surface area contributed by atoms with Crippen LogP contribution in [0.1, 0.15) is 16.7 Å². The lowest BCUT2D eigenvalue weighted by molar-refractivity contribution is -0.302. The van der Waals surface area contributed by atoms with E-state index >= 15 is 0 Å². The van der Waals surface area contributed by atoms with E-state index in [2.05, 4.69) is 31.9 Å². The average Bonchev–Trinajstić information content (AvgIpc) is 0.825. The van der Waals surface area contributed by atoms with Crippen molar-refractivity contribution in [1.29, 1.82) is 0 Å². The van der Waals surface area contributed by atoms with E-state index in [9.17, 15) is 75.7 Å². The number of urea groups is 3. The summed E-state index contributed by atoms with van der Waals surface area (Å²) in [7, 11) is 0. The van der Waals surface area contributed by atoms with Crippen molar-refractivity contribution in [3.63, 3.8) is 0 Å². The zero-order chi connectivity index (χ0) is 87.1. The smallest absolute Gasteiger partial charge is 0.323 e. The molecular weight excluding hydrogens is 1620 g/mol. The summed E-state index contributed by atoms with van der Waals surface area (Å²) in [5.74, 6) is 2.97. The Morgan fingerprint density at radius 3 is 0.740 bits per heavy atom. The lowest BCUT2D eigenvalue weighted by atomic mass is 9.99. The van der Waals surface area contributed by atoms with Crippen molar-refractivity contribution < 1.29 is 161 Å². The molecule has 7 aromatic rings. The maximum Gasteiger partial charge on any atom is 0.323 e. The fraction of sp³-hybridized carbons (Fsp3) is 0.464. The Morgan fingerprint density at radius 1 is 0.252 bits per heavy atom. The van der Waals surface area contributed by atoms with Gasteiger partial charge in [-0.1, -0.05) is 18.2 Å². The van der Waals surface area contributed by atoms with E-state index in [0.717, 1.165) is 16.7 Å². The lowest BCUT2D eigenvalue weighted by Crippen LogP contribution is -2.59. The first kappa shape index (κ1) is 95.4. The van der Waals surface area contributed by atoms with E-state index in [1.165, 1.54) is 0 Å². The third kappa shape index (κ3) is 32.0. The Labute approximate surface area is 707 Å². The van der Waals surface area contributed by atoms with Gasteiger partial charge in [0.25, 0.3) is 0 Å². The first-order chi connectivity index (χ1) is 59.8. The number of benzene rings is 7. The SMILES string of the molecule is O=C(Nc1ccc(OCCOCCOCCO[C@@H]2O[C@H](CO)[C@@H](O)[C@H](O)[C@H]2O)cc1)Nc1cccc(OCc2cc(COc3cccc(NC(=O)Nc4ccc(OCCOCCOCCO[C@@H]5O[C@H](CO)[C@@H](O)[C@H](O)[C@H]5O)cc4)c3)cc(COc3cccc(NC(=O)Nc4ccc(OCCOCCOCCO[C@@H]5O[C@H](CO)[C@@H](O)[C@H](O)[C@H]5O)cc4)c3)c2)c1. The van der Waals surface area contributed by atoms with Gasteiger partial charge in [0.1, 0.15) is 147 Å². The Bertz CT molecular complexity index is 3810. The van der Waals surface area contributed by atoms with Gasteiger partial charge in [-0.3, -0.25) is 0 Å². The number of hydrogen-bond donors (Lipinski definition) is 18. The zero-order valence-electron chi connectivity index (χ0n) is 67.2. The van der Waals surface area contributed by atoms with Crippen LogP contribution in [0.15, 0.2) is 164 Å². The monoisotopic (exact) mass is 1730 g/mol. The number of carbonyl (C=O) groups is 3. The minimum absolute atomic E-state index is 0.0107. The largest absolute Gasteiger partial charge is 0.491 e. The van der Waals surface area contributed by atoms with Gasteiger partial charge in [-0.2, -0.15) is 0 Å². The fourth-order valence-corrected chi connectivity index (χ4v) is 12.3. The molecule has 15 atom stereocenters. The summed E-state index contributed by atoms with van der Waals surface area (Å²) >= 11 is 0. The van der Waals surface area contributed by atoms with Gasteiger partial charge in [0.2, 0.25) is 0 Å². The molecule has 3 heterocycles. The second kappa shape index (κ2) is 51.5. The molecule has 0 radical (unpaired) electrons. The second-order valence-corrected chi connectivity index (χ2v) is 27.8. The maximum atomic E-state index is 13.3. The molecule has 3 aliphatic heterocycles. The molecule has 3 fully saturated rings. The highest BCUT2D eigenvalue weighted by Crippen LogP contribution is 2.30. The average molecular weight is 1730 g/mol. The number of rotatable bonds is 51. The molecule has 39 nitrogen and oxygen atoms in total. The quantitative estimate of drug-likeness (QED) is 0.0244. The molecule has 10 rings (SSSR count). The van der Waals surface area contributed by atoms with Gasteiger partial charge in [0.15, 0.2) is 18.9 Å². The van der Waals surface area contributed by atoms with Gasteiger partial charge in [-0.25, -0.2) is 14.4 Å².